The Labute approximate surface area is 166 Å². The van der Waals surface area contributed by atoms with E-state index in [-0.39, 0.29) is 5.60 Å². The fourth-order valence-corrected chi connectivity index (χ4v) is 4.93. The summed E-state index contributed by atoms with van der Waals surface area (Å²) in [6.07, 6.45) is 8.58. The minimum atomic E-state index is -0.136. The average Bonchev–Trinajstić information content (AvgIpc) is 3.34. The molecule has 5 heteroatoms. The molecular formula is C23H30N4O. The molecule has 148 valence electrons. The highest BCUT2D eigenvalue weighted by Gasteiger charge is 2.42. The number of piperidine rings is 1. The Bertz CT molecular complexity index is 949. The van der Waals surface area contributed by atoms with E-state index in [2.05, 4.69) is 51.0 Å². The van der Waals surface area contributed by atoms with Crippen LogP contribution in [0.5, 0.6) is 0 Å². The van der Waals surface area contributed by atoms with E-state index in [0.29, 0.717) is 0 Å². The normalized spacial score (nSPS) is 19.3. The van der Waals surface area contributed by atoms with Crippen LogP contribution in [0.25, 0.3) is 10.9 Å². The maximum Gasteiger partial charge on any atom is 0.110 e. The molecule has 0 atom stereocenters. The maximum absolute atomic E-state index is 6.43. The lowest BCUT2D eigenvalue weighted by Crippen LogP contribution is -2.46. The zero-order chi connectivity index (χ0) is 19.0. The van der Waals surface area contributed by atoms with Gasteiger partial charge in [0, 0.05) is 48.8 Å². The van der Waals surface area contributed by atoms with Gasteiger partial charge in [-0.2, -0.15) is 0 Å². The van der Waals surface area contributed by atoms with Crippen LogP contribution in [0, 0.1) is 0 Å². The lowest BCUT2D eigenvalue weighted by Gasteiger charge is -2.43. The second kappa shape index (κ2) is 7.37. The highest BCUT2D eigenvalue weighted by molar-refractivity contribution is 5.85. The monoisotopic (exact) mass is 378 g/mol. The molecule has 4 heterocycles. The van der Waals surface area contributed by atoms with Crippen molar-refractivity contribution in [3.63, 3.8) is 0 Å². The van der Waals surface area contributed by atoms with Gasteiger partial charge < -0.3 is 14.7 Å². The summed E-state index contributed by atoms with van der Waals surface area (Å²) in [6.45, 7) is 6.11. The van der Waals surface area contributed by atoms with Crippen LogP contribution in [0.2, 0.25) is 0 Å². The number of aromatic amines is 2. The molecule has 5 nitrogen and oxygen atoms in total. The number of nitrogens with zero attached hydrogens (tertiary/aromatic N) is 2. The molecule has 2 aliphatic heterocycles. The summed E-state index contributed by atoms with van der Waals surface area (Å²) in [5.74, 6) is 1.13. The van der Waals surface area contributed by atoms with Gasteiger partial charge in [-0.25, -0.2) is 4.98 Å². The third-order valence-electron chi connectivity index (χ3n) is 6.51. The van der Waals surface area contributed by atoms with Gasteiger partial charge in [-0.15, -0.1) is 0 Å². The van der Waals surface area contributed by atoms with E-state index in [1.807, 2.05) is 6.20 Å². The Morgan fingerprint density at radius 1 is 1.18 bits per heavy atom. The van der Waals surface area contributed by atoms with Crippen LogP contribution in [0.3, 0.4) is 0 Å². The van der Waals surface area contributed by atoms with Crippen LogP contribution in [0.1, 0.15) is 55.4 Å². The minimum Gasteiger partial charge on any atom is -0.368 e. The summed E-state index contributed by atoms with van der Waals surface area (Å²) < 4.78 is 6.43. The molecule has 0 saturated carbocycles. The maximum atomic E-state index is 6.43. The molecule has 1 fully saturated rings. The predicted molar refractivity (Wildman–Crippen MR) is 111 cm³/mol. The van der Waals surface area contributed by atoms with E-state index in [1.54, 1.807) is 0 Å². The van der Waals surface area contributed by atoms with Gasteiger partial charge in [0.15, 0.2) is 0 Å². The van der Waals surface area contributed by atoms with Gasteiger partial charge in [-0.05, 0) is 37.3 Å². The molecule has 28 heavy (non-hydrogen) atoms. The third-order valence-corrected chi connectivity index (χ3v) is 6.51. The number of fused-ring (bicyclic) bond motifs is 4. The Hall–Kier alpha value is -2.11. The summed E-state index contributed by atoms with van der Waals surface area (Å²) in [7, 11) is 0. The van der Waals surface area contributed by atoms with Crippen LogP contribution in [0.15, 0.2) is 30.5 Å². The molecule has 0 aliphatic carbocycles. The smallest absolute Gasteiger partial charge is 0.110 e. The molecule has 1 aromatic carbocycles. The van der Waals surface area contributed by atoms with E-state index < -0.39 is 0 Å². The quantitative estimate of drug-likeness (QED) is 0.696. The number of likely N-dealkylation sites (tertiary alicyclic amines) is 1. The lowest BCUT2D eigenvalue weighted by molar-refractivity contribution is -0.101. The van der Waals surface area contributed by atoms with Crippen molar-refractivity contribution in [1.29, 1.82) is 0 Å². The summed E-state index contributed by atoms with van der Waals surface area (Å²) in [5.41, 5.74) is 5.16. The highest BCUT2D eigenvalue weighted by atomic mass is 16.5. The van der Waals surface area contributed by atoms with Gasteiger partial charge in [-0.1, -0.05) is 31.5 Å². The molecule has 1 spiro atoms. The Morgan fingerprint density at radius 2 is 2.04 bits per heavy atom. The minimum absolute atomic E-state index is 0.136. The predicted octanol–water partition coefficient (Wildman–Crippen LogP) is 4.30. The number of H-pyrrole nitrogens is 2. The molecule has 2 aliphatic rings. The number of hydrogen-bond donors (Lipinski definition) is 2. The average molecular weight is 379 g/mol. The van der Waals surface area contributed by atoms with Gasteiger partial charge in [0.2, 0.25) is 0 Å². The molecule has 2 N–H and O–H groups in total. The zero-order valence-electron chi connectivity index (χ0n) is 16.8. The van der Waals surface area contributed by atoms with Crippen molar-refractivity contribution in [2.45, 2.75) is 57.6 Å². The number of aryl methyl sites for hydroxylation is 1. The molecule has 0 unspecified atom stereocenters. The van der Waals surface area contributed by atoms with Crippen LogP contribution >= 0.6 is 0 Å². The van der Waals surface area contributed by atoms with Gasteiger partial charge in [0.05, 0.1) is 12.3 Å². The Morgan fingerprint density at radius 3 is 2.89 bits per heavy atom. The fourth-order valence-electron chi connectivity index (χ4n) is 4.93. The van der Waals surface area contributed by atoms with Crippen LogP contribution in [-0.2, 0) is 29.7 Å². The van der Waals surface area contributed by atoms with Gasteiger partial charge in [0.25, 0.3) is 0 Å². The molecule has 0 amide bonds. The standard InChI is InChI=1S/C23H30N4O/c1-2-3-8-21-24-15-17(25-21)16-27-12-10-23(11-13-27)22-19(9-14-28-23)18-6-4-5-7-20(18)26-22/h4-7,15,26H,2-3,8-14,16H2,1H3,(H,24,25). The summed E-state index contributed by atoms with van der Waals surface area (Å²) in [6, 6.07) is 8.68. The summed E-state index contributed by atoms with van der Waals surface area (Å²) >= 11 is 0. The molecule has 1 saturated heterocycles. The first-order chi connectivity index (χ1) is 13.8. The number of nitrogens with one attached hydrogen (secondary N) is 2. The van der Waals surface area contributed by atoms with Crippen molar-refractivity contribution < 1.29 is 4.74 Å². The lowest BCUT2D eigenvalue weighted by atomic mass is 9.83. The largest absolute Gasteiger partial charge is 0.368 e. The van der Waals surface area contributed by atoms with Crippen molar-refractivity contribution in [3.8, 4) is 0 Å². The molecule has 0 radical (unpaired) electrons. The van der Waals surface area contributed by atoms with Crippen molar-refractivity contribution in [2.75, 3.05) is 19.7 Å². The van der Waals surface area contributed by atoms with E-state index >= 15 is 0 Å². The van der Waals surface area contributed by atoms with Crippen LogP contribution < -0.4 is 0 Å². The zero-order valence-corrected chi connectivity index (χ0v) is 16.8. The molecule has 5 rings (SSSR count). The van der Waals surface area contributed by atoms with Crippen molar-refractivity contribution in [1.82, 2.24) is 19.9 Å². The number of para-hydroxylation sites is 1. The molecular weight excluding hydrogens is 348 g/mol. The number of rotatable bonds is 5. The third kappa shape index (κ3) is 3.16. The van der Waals surface area contributed by atoms with Gasteiger partial charge >= 0.3 is 0 Å². The summed E-state index contributed by atoms with van der Waals surface area (Å²) in [4.78, 5) is 14.3. The van der Waals surface area contributed by atoms with Crippen LogP contribution in [-0.4, -0.2) is 39.5 Å². The van der Waals surface area contributed by atoms with Gasteiger partial charge in [0.1, 0.15) is 11.4 Å². The Balaban J connectivity index is 1.29. The SMILES string of the molecule is CCCCc1ncc(CN2CCC3(CC2)OCCc2c3[nH]c3ccccc23)[nH]1. The molecule has 0 bridgehead atoms. The van der Waals surface area contributed by atoms with E-state index in [4.69, 9.17) is 4.74 Å². The Kier molecular flexibility index (Phi) is 4.73. The van der Waals surface area contributed by atoms with Crippen molar-refractivity contribution >= 4 is 10.9 Å². The number of ether oxygens (including phenoxy) is 1. The van der Waals surface area contributed by atoms with Crippen molar-refractivity contribution in [2.24, 2.45) is 0 Å². The van der Waals surface area contributed by atoms with Crippen LogP contribution in [0.4, 0.5) is 0 Å². The van der Waals surface area contributed by atoms with Crippen molar-refractivity contribution in [3.05, 3.63) is 53.2 Å². The first-order valence-electron chi connectivity index (χ1n) is 10.8. The van der Waals surface area contributed by atoms with E-state index in [1.165, 1.54) is 40.7 Å². The summed E-state index contributed by atoms with van der Waals surface area (Å²) in [5, 5.41) is 1.37. The number of benzene rings is 1. The highest BCUT2D eigenvalue weighted by Crippen LogP contribution is 2.43. The second-order valence-electron chi connectivity index (χ2n) is 8.35. The topological polar surface area (TPSA) is 56.9 Å². The fraction of sp³-hybridized carbons (Fsp3) is 0.522. The number of imidazole rings is 1. The van der Waals surface area contributed by atoms with E-state index in [9.17, 15) is 0 Å². The van der Waals surface area contributed by atoms with Gasteiger partial charge in [-0.3, -0.25) is 4.90 Å². The first-order valence-corrected chi connectivity index (χ1v) is 10.8. The van der Waals surface area contributed by atoms with E-state index in [0.717, 1.165) is 57.7 Å². The first kappa shape index (κ1) is 18.0. The number of unbranched alkanes of at least 4 members (excludes halogenated alkanes) is 1. The number of hydrogen-bond acceptors (Lipinski definition) is 3. The second-order valence-corrected chi connectivity index (χ2v) is 8.35. The number of aromatic nitrogens is 3. The molecule has 3 aromatic rings. The molecule has 2 aromatic heterocycles.